The molecule has 3 aromatic carbocycles. The van der Waals surface area contributed by atoms with E-state index in [1.165, 1.54) is 36.4 Å². The second-order valence-corrected chi connectivity index (χ2v) is 9.72. The molecule has 0 radical (unpaired) electrons. The summed E-state index contributed by atoms with van der Waals surface area (Å²) < 4.78 is 56.5. The van der Waals surface area contributed by atoms with Gasteiger partial charge in [0.05, 0.1) is 40.7 Å². The van der Waals surface area contributed by atoms with E-state index in [2.05, 4.69) is 21.4 Å². The highest BCUT2D eigenvalue weighted by molar-refractivity contribution is 6.03. The summed E-state index contributed by atoms with van der Waals surface area (Å²) in [5, 5.41) is 24.6. The molecule has 41 heavy (non-hydrogen) atoms. The van der Waals surface area contributed by atoms with E-state index in [1.54, 1.807) is 24.3 Å². The molecule has 7 nitrogen and oxygen atoms in total. The van der Waals surface area contributed by atoms with Crippen molar-refractivity contribution >= 4 is 11.6 Å². The number of alkyl halides is 3. The molecule has 0 aliphatic heterocycles. The second-order valence-electron chi connectivity index (χ2n) is 9.72. The lowest BCUT2D eigenvalue weighted by atomic mass is 9.95. The standard InChI is InChI=1S/C30H22F4N6O/c1-39(22-9-10-22)28(20-6-2-4-18(12-20)16-35)21-8-11-24(31)25(14-21)37-29(41)26-15-27(30(32,33)34)38-40(26)23-7-3-5-19(13-23)17-36/h2-8,11-15,22,28H,9-10H2,1H3,(H,37,41). The number of carbonyl (C=O) groups excluding carboxylic acids is 1. The first kappa shape index (κ1) is 27.6. The Labute approximate surface area is 232 Å². The van der Waals surface area contributed by atoms with Crippen molar-refractivity contribution in [3.63, 3.8) is 0 Å². The van der Waals surface area contributed by atoms with Gasteiger partial charge in [-0.2, -0.15) is 28.8 Å². The molecule has 0 saturated heterocycles. The fourth-order valence-electron chi connectivity index (χ4n) is 4.71. The molecule has 1 saturated carbocycles. The van der Waals surface area contributed by atoms with Crippen molar-refractivity contribution in [3.8, 4) is 17.8 Å². The van der Waals surface area contributed by atoms with Gasteiger partial charge in [-0.25, -0.2) is 9.07 Å². The normalized spacial score (nSPS) is 13.9. The van der Waals surface area contributed by atoms with Crippen LogP contribution >= 0.6 is 0 Å². The van der Waals surface area contributed by atoms with Crippen LogP contribution in [0.15, 0.2) is 72.8 Å². The zero-order valence-corrected chi connectivity index (χ0v) is 21.7. The van der Waals surface area contributed by atoms with Gasteiger partial charge in [0.1, 0.15) is 11.5 Å². The number of nitriles is 2. The molecule has 1 N–H and O–H groups in total. The number of nitrogens with one attached hydrogen (secondary N) is 1. The number of aromatic nitrogens is 2. The second kappa shape index (κ2) is 10.9. The molecular weight excluding hydrogens is 536 g/mol. The first-order valence-corrected chi connectivity index (χ1v) is 12.6. The summed E-state index contributed by atoms with van der Waals surface area (Å²) >= 11 is 0. The Morgan fingerprint density at radius 2 is 1.66 bits per heavy atom. The van der Waals surface area contributed by atoms with Crippen molar-refractivity contribution in [2.75, 3.05) is 12.4 Å². The molecule has 4 aromatic rings. The van der Waals surface area contributed by atoms with Gasteiger partial charge < -0.3 is 5.32 Å². The average Bonchev–Trinajstić information content (AvgIpc) is 3.71. The molecule has 206 valence electrons. The Hall–Kier alpha value is -5.00. The number of carbonyl (C=O) groups is 1. The molecule has 0 spiro atoms. The molecule has 1 aromatic heterocycles. The lowest BCUT2D eigenvalue weighted by molar-refractivity contribution is -0.141. The summed E-state index contributed by atoms with van der Waals surface area (Å²) in [4.78, 5) is 15.4. The van der Waals surface area contributed by atoms with Crippen molar-refractivity contribution in [3.05, 3.63) is 112 Å². The van der Waals surface area contributed by atoms with E-state index < -0.39 is 29.3 Å². The van der Waals surface area contributed by atoms with E-state index in [-0.39, 0.29) is 29.0 Å². The summed E-state index contributed by atoms with van der Waals surface area (Å²) in [5.41, 5.74) is 0.0513. The Morgan fingerprint density at radius 3 is 2.32 bits per heavy atom. The zero-order chi connectivity index (χ0) is 29.3. The minimum absolute atomic E-state index is 0.0578. The zero-order valence-electron chi connectivity index (χ0n) is 21.7. The summed E-state index contributed by atoms with van der Waals surface area (Å²) in [6, 6.07) is 21.3. The van der Waals surface area contributed by atoms with Gasteiger partial charge >= 0.3 is 6.18 Å². The van der Waals surface area contributed by atoms with Gasteiger partial charge in [0.2, 0.25) is 0 Å². The number of anilines is 1. The summed E-state index contributed by atoms with van der Waals surface area (Å²) in [7, 11) is 1.93. The maximum atomic E-state index is 15.0. The third-order valence-electron chi connectivity index (χ3n) is 6.87. The van der Waals surface area contributed by atoms with Crippen molar-refractivity contribution in [1.82, 2.24) is 14.7 Å². The van der Waals surface area contributed by atoms with Crippen molar-refractivity contribution < 1.29 is 22.4 Å². The van der Waals surface area contributed by atoms with Crippen LogP contribution in [0, 0.1) is 28.5 Å². The van der Waals surface area contributed by atoms with Crippen LogP contribution < -0.4 is 5.32 Å². The largest absolute Gasteiger partial charge is 0.435 e. The molecule has 1 unspecified atom stereocenters. The topological polar surface area (TPSA) is 97.7 Å². The molecule has 1 aliphatic rings. The molecule has 1 fully saturated rings. The third kappa shape index (κ3) is 5.81. The predicted molar refractivity (Wildman–Crippen MR) is 141 cm³/mol. The predicted octanol–water partition coefficient (Wildman–Crippen LogP) is 6.21. The fourth-order valence-corrected chi connectivity index (χ4v) is 4.71. The Balaban J connectivity index is 1.53. The van der Waals surface area contributed by atoms with Gasteiger partial charge in [-0.1, -0.05) is 24.3 Å². The highest BCUT2D eigenvalue weighted by atomic mass is 19.4. The maximum absolute atomic E-state index is 15.0. The number of amides is 1. The van der Waals surface area contributed by atoms with Crippen molar-refractivity contribution in [1.29, 1.82) is 10.5 Å². The van der Waals surface area contributed by atoms with Crippen LogP contribution in [0.2, 0.25) is 0 Å². The first-order valence-electron chi connectivity index (χ1n) is 12.6. The highest BCUT2D eigenvalue weighted by Crippen LogP contribution is 2.38. The van der Waals surface area contributed by atoms with E-state index >= 15 is 4.39 Å². The fraction of sp³-hybridized carbons (Fsp3) is 0.200. The average molecular weight is 559 g/mol. The number of nitrogens with zero attached hydrogens (tertiary/aromatic N) is 5. The molecule has 1 amide bonds. The van der Waals surface area contributed by atoms with Crippen LogP contribution in [0.25, 0.3) is 5.69 Å². The van der Waals surface area contributed by atoms with Gasteiger partial charge in [0.25, 0.3) is 5.91 Å². The third-order valence-corrected chi connectivity index (χ3v) is 6.87. The van der Waals surface area contributed by atoms with E-state index in [0.717, 1.165) is 23.1 Å². The summed E-state index contributed by atoms with van der Waals surface area (Å²) in [6.07, 6.45) is -2.89. The molecule has 0 bridgehead atoms. The Kier molecular flexibility index (Phi) is 7.31. The molecule has 1 aliphatic carbocycles. The van der Waals surface area contributed by atoms with Crippen LogP contribution in [-0.4, -0.2) is 33.7 Å². The smallest absolute Gasteiger partial charge is 0.318 e. The Bertz CT molecular complexity index is 1710. The van der Waals surface area contributed by atoms with Gasteiger partial charge in [0, 0.05) is 12.1 Å². The van der Waals surface area contributed by atoms with E-state index in [0.29, 0.717) is 17.2 Å². The summed E-state index contributed by atoms with van der Waals surface area (Å²) in [5.74, 6) is -1.81. The number of hydrogen-bond donors (Lipinski definition) is 1. The van der Waals surface area contributed by atoms with Crippen molar-refractivity contribution in [2.24, 2.45) is 0 Å². The van der Waals surface area contributed by atoms with Crippen LogP contribution in [0.3, 0.4) is 0 Å². The molecule has 1 atom stereocenters. The maximum Gasteiger partial charge on any atom is 0.435 e. The number of hydrogen-bond acceptors (Lipinski definition) is 5. The number of rotatable bonds is 7. The lowest BCUT2D eigenvalue weighted by Gasteiger charge is -2.29. The van der Waals surface area contributed by atoms with Crippen LogP contribution in [0.5, 0.6) is 0 Å². The van der Waals surface area contributed by atoms with E-state index in [1.807, 2.05) is 19.2 Å². The minimum atomic E-state index is -4.85. The molecule has 5 rings (SSSR count). The van der Waals surface area contributed by atoms with E-state index in [4.69, 9.17) is 0 Å². The molecule has 1 heterocycles. The number of halogens is 4. The SMILES string of the molecule is CN(C1CC1)C(c1cccc(C#N)c1)c1ccc(F)c(NC(=O)c2cc(C(F)(F)F)nn2-c2cccc(C#N)c2)c1. The molecular formula is C30H22F4N6O. The highest BCUT2D eigenvalue weighted by Gasteiger charge is 2.37. The molecule has 11 heteroatoms. The summed E-state index contributed by atoms with van der Waals surface area (Å²) in [6.45, 7) is 0. The van der Waals surface area contributed by atoms with Crippen LogP contribution in [-0.2, 0) is 6.18 Å². The number of benzene rings is 3. The van der Waals surface area contributed by atoms with Crippen molar-refractivity contribution in [2.45, 2.75) is 31.1 Å². The van der Waals surface area contributed by atoms with Gasteiger partial charge in [-0.05, 0) is 73.5 Å². The van der Waals surface area contributed by atoms with Crippen LogP contribution in [0.4, 0.5) is 23.2 Å². The Morgan fingerprint density at radius 1 is 1.00 bits per heavy atom. The lowest BCUT2D eigenvalue weighted by Crippen LogP contribution is -2.28. The van der Waals surface area contributed by atoms with Crippen LogP contribution in [0.1, 0.15) is 57.3 Å². The van der Waals surface area contributed by atoms with Gasteiger partial charge in [-0.3, -0.25) is 9.69 Å². The quantitative estimate of drug-likeness (QED) is 0.272. The first-order chi connectivity index (χ1) is 19.6. The minimum Gasteiger partial charge on any atom is -0.318 e. The van der Waals surface area contributed by atoms with Gasteiger partial charge in [-0.15, -0.1) is 0 Å². The van der Waals surface area contributed by atoms with E-state index in [9.17, 15) is 28.5 Å². The monoisotopic (exact) mass is 558 g/mol. The van der Waals surface area contributed by atoms with Gasteiger partial charge in [0.15, 0.2) is 5.69 Å².